The van der Waals surface area contributed by atoms with Gasteiger partial charge in [-0.3, -0.25) is 19.4 Å². The molecule has 4 amide bonds. The number of fused-ring (bicyclic) bond motifs is 2. The fourth-order valence-electron chi connectivity index (χ4n) is 4.57. The summed E-state index contributed by atoms with van der Waals surface area (Å²) in [5.74, 6) is -1.55. The summed E-state index contributed by atoms with van der Waals surface area (Å²) in [5, 5.41) is 0.858. The first-order valence-corrected chi connectivity index (χ1v) is 11.5. The van der Waals surface area contributed by atoms with Crippen LogP contribution in [0.25, 0.3) is 6.08 Å². The first-order chi connectivity index (χ1) is 16.1. The van der Waals surface area contributed by atoms with E-state index in [9.17, 15) is 18.8 Å². The SMILES string of the molecule is CN1C(=O)C(=Cc2ccc(N3c4ccccc4C(C)(C)c4cc(F)ccc43)s2)C(=O)N(C)C1=O. The monoisotopic (exact) mass is 475 g/mol. The quantitative estimate of drug-likeness (QED) is 0.366. The lowest BCUT2D eigenvalue weighted by Gasteiger charge is -2.41. The van der Waals surface area contributed by atoms with Crippen LogP contribution in [-0.4, -0.2) is 41.7 Å². The van der Waals surface area contributed by atoms with Gasteiger partial charge in [0.15, 0.2) is 0 Å². The van der Waals surface area contributed by atoms with Crippen molar-refractivity contribution in [3.8, 4) is 0 Å². The summed E-state index contributed by atoms with van der Waals surface area (Å²) in [5.41, 5.74) is 3.35. The van der Waals surface area contributed by atoms with E-state index in [0.29, 0.717) is 4.88 Å². The summed E-state index contributed by atoms with van der Waals surface area (Å²) in [4.78, 5) is 41.8. The number of hydrogen-bond donors (Lipinski definition) is 0. The first-order valence-electron chi connectivity index (χ1n) is 10.7. The Bertz CT molecular complexity index is 1380. The van der Waals surface area contributed by atoms with E-state index in [2.05, 4.69) is 24.8 Å². The van der Waals surface area contributed by atoms with Gasteiger partial charge in [-0.05, 0) is 53.6 Å². The topological polar surface area (TPSA) is 60.9 Å². The third-order valence-electron chi connectivity index (χ3n) is 6.45. The predicted octanol–water partition coefficient (Wildman–Crippen LogP) is 5.43. The number of amides is 4. The van der Waals surface area contributed by atoms with E-state index >= 15 is 0 Å². The van der Waals surface area contributed by atoms with Crippen molar-refractivity contribution in [1.82, 2.24) is 9.80 Å². The normalized spacial score (nSPS) is 17.1. The number of para-hydroxylation sites is 1. The van der Waals surface area contributed by atoms with Gasteiger partial charge in [-0.15, -0.1) is 11.3 Å². The van der Waals surface area contributed by atoms with Crippen molar-refractivity contribution in [1.29, 1.82) is 0 Å². The Labute approximate surface area is 200 Å². The average Bonchev–Trinajstić information content (AvgIpc) is 3.28. The van der Waals surface area contributed by atoms with E-state index in [1.54, 1.807) is 12.1 Å². The zero-order valence-corrected chi connectivity index (χ0v) is 19.9. The van der Waals surface area contributed by atoms with Gasteiger partial charge < -0.3 is 4.90 Å². The highest BCUT2D eigenvalue weighted by atomic mass is 32.1. The molecule has 3 heterocycles. The second-order valence-electron chi connectivity index (χ2n) is 8.88. The van der Waals surface area contributed by atoms with E-state index in [-0.39, 0.29) is 11.4 Å². The van der Waals surface area contributed by atoms with Crippen LogP contribution in [0.1, 0.15) is 29.9 Å². The highest BCUT2D eigenvalue weighted by Gasteiger charge is 2.39. The zero-order chi connectivity index (χ0) is 24.4. The third-order valence-corrected chi connectivity index (χ3v) is 7.47. The van der Waals surface area contributed by atoms with Crippen molar-refractivity contribution in [2.24, 2.45) is 0 Å². The first kappa shape index (κ1) is 22.0. The van der Waals surface area contributed by atoms with E-state index in [1.165, 1.54) is 37.6 Å². The molecule has 0 bridgehead atoms. The van der Waals surface area contributed by atoms with Crippen LogP contribution in [0.3, 0.4) is 0 Å². The van der Waals surface area contributed by atoms with Gasteiger partial charge >= 0.3 is 6.03 Å². The molecule has 0 saturated carbocycles. The van der Waals surface area contributed by atoms with Gasteiger partial charge in [0, 0.05) is 24.4 Å². The van der Waals surface area contributed by atoms with Crippen molar-refractivity contribution in [3.63, 3.8) is 0 Å². The van der Waals surface area contributed by atoms with Gasteiger partial charge in [-0.25, -0.2) is 9.18 Å². The fraction of sp³-hybridized carbons (Fsp3) is 0.192. The van der Waals surface area contributed by atoms with Crippen LogP contribution in [0, 0.1) is 5.82 Å². The van der Waals surface area contributed by atoms with E-state index in [0.717, 1.165) is 37.3 Å². The van der Waals surface area contributed by atoms with Crippen LogP contribution in [0.2, 0.25) is 0 Å². The Kier molecular flexibility index (Phi) is 4.95. The third kappa shape index (κ3) is 3.17. The van der Waals surface area contributed by atoms with Crippen LogP contribution < -0.4 is 4.90 Å². The molecule has 0 aliphatic carbocycles. The Morgan fingerprint density at radius 3 is 2.21 bits per heavy atom. The number of nitrogens with zero attached hydrogens (tertiary/aromatic N) is 3. The van der Waals surface area contributed by atoms with Crippen LogP contribution in [0.15, 0.2) is 60.2 Å². The number of imide groups is 2. The molecule has 34 heavy (non-hydrogen) atoms. The molecule has 8 heteroatoms. The van der Waals surface area contributed by atoms with E-state index in [4.69, 9.17) is 0 Å². The van der Waals surface area contributed by atoms with Crippen molar-refractivity contribution in [2.75, 3.05) is 19.0 Å². The fourth-order valence-corrected chi connectivity index (χ4v) is 5.55. The van der Waals surface area contributed by atoms with Gasteiger partial charge in [0.1, 0.15) is 16.4 Å². The highest BCUT2D eigenvalue weighted by Crippen LogP contribution is 2.53. The molecule has 3 aromatic rings. The number of benzene rings is 2. The molecular weight excluding hydrogens is 453 g/mol. The molecule has 2 aromatic carbocycles. The molecule has 1 saturated heterocycles. The minimum absolute atomic E-state index is 0.0688. The number of likely N-dealkylation sites (N-methyl/N-ethyl adjacent to an activating group) is 2. The molecule has 1 fully saturated rings. The lowest BCUT2D eigenvalue weighted by atomic mass is 9.73. The number of thiophene rings is 1. The lowest BCUT2D eigenvalue weighted by Crippen LogP contribution is -2.52. The highest BCUT2D eigenvalue weighted by molar-refractivity contribution is 7.17. The van der Waals surface area contributed by atoms with Gasteiger partial charge in [-0.1, -0.05) is 32.0 Å². The van der Waals surface area contributed by atoms with Gasteiger partial charge in [-0.2, -0.15) is 0 Å². The number of urea groups is 1. The standard InChI is InChI=1S/C26H22FN3O3S/c1-26(2)18-7-5-6-8-20(18)30(21-11-9-15(27)13-19(21)26)22-12-10-16(34-22)14-17-23(31)28(3)25(33)29(4)24(17)32/h5-14H,1-4H3. The van der Waals surface area contributed by atoms with Crippen LogP contribution in [0.4, 0.5) is 25.6 Å². The van der Waals surface area contributed by atoms with E-state index in [1.807, 2.05) is 30.3 Å². The maximum absolute atomic E-state index is 14.3. The van der Waals surface area contributed by atoms with Crippen molar-refractivity contribution in [2.45, 2.75) is 19.3 Å². The molecule has 0 radical (unpaired) electrons. The number of halogens is 1. The Balaban J connectivity index is 1.62. The molecule has 172 valence electrons. The molecule has 0 unspecified atom stereocenters. The Morgan fingerprint density at radius 1 is 0.853 bits per heavy atom. The number of rotatable bonds is 2. The van der Waals surface area contributed by atoms with Crippen LogP contribution in [0.5, 0.6) is 0 Å². The summed E-state index contributed by atoms with van der Waals surface area (Å²) >= 11 is 1.40. The van der Waals surface area contributed by atoms with Crippen LogP contribution >= 0.6 is 11.3 Å². The van der Waals surface area contributed by atoms with Crippen molar-refractivity contribution < 1.29 is 18.8 Å². The Hall–Kier alpha value is -3.78. The number of carbonyl (C=O) groups is 3. The molecule has 0 spiro atoms. The molecule has 0 N–H and O–H groups in total. The van der Waals surface area contributed by atoms with Crippen molar-refractivity contribution in [3.05, 3.63) is 82.0 Å². The summed E-state index contributed by atoms with van der Waals surface area (Å²) in [6.45, 7) is 4.17. The minimum Gasteiger partial charge on any atom is -0.301 e. The minimum atomic E-state index is -0.657. The predicted molar refractivity (Wildman–Crippen MR) is 130 cm³/mol. The number of barbiturate groups is 1. The molecule has 2 aliphatic heterocycles. The molecule has 2 aliphatic rings. The summed E-state index contributed by atoms with van der Waals surface area (Å²) in [6.07, 6.45) is 1.52. The number of carbonyl (C=O) groups excluding carboxylic acids is 3. The molecule has 6 nitrogen and oxygen atoms in total. The van der Waals surface area contributed by atoms with Gasteiger partial charge in [0.25, 0.3) is 11.8 Å². The number of hydrogen-bond acceptors (Lipinski definition) is 5. The summed E-state index contributed by atoms with van der Waals surface area (Å²) < 4.78 is 14.3. The summed E-state index contributed by atoms with van der Waals surface area (Å²) in [6, 6.07) is 15.9. The molecule has 1 aromatic heterocycles. The zero-order valence-electron chi connectivity index (χ0n) is 19.1. The smallest absolute Gasteiger partial charge is 0.301 e. The summed E-state index contributed by atoms with van der Waals surface area (Å²) in [7, 11) is 2.70. The molecular formula is C26H22FN3O3S. The van der Waals surface area contributed by atoms with Crippen LogP contribution in [-0.2, 0) is 15.0 Å². The van der Waals surface area contributed by atoms with Gasteiger partial charge in [0.05, 0.1) is 11.4 Å². The molecule has 0 atom stereocenters. The largest absolute Gasteiger partial charge is 0.333 e. The maximum Gasteiger partial charge on any atom is 0.333 e. The van der Waals surface area contributed by atoms with E-state index < -0.39 is 23.3 Å². The lowest BCUT2D eigenvalue weighted by molar-refractivity contribution is -0.134. The average molecular weight is 476 g/mol. The Morgan fingerprint density at radius 2 is 1.50 bits per heavy atom. The van der Waals surface area contributed by atoms with Crippen molar-refractivity contribution >= 4 is 51.6 Å². The number of anilines is 3. The second-order valence-corrected chi connectivity index (χ2v) is 9.98. The molecule has 5 rings (SSSR count). The van der Waals surface area contributed by atoms with Gasteiger partial charge in [0.2, 0.25) is 0 Å². The second kappa shape index (κ2) is 7.63. The maximum atomic E-state index is 14.3.